The first-order valence-electron chi connectivity index (χ1n) is 7.27. The highest BCUT2D eigenvalue weighted by atomic mass is 16.5. The zero-order chi connectivity index (χ0) is 14.2. The molecule has 2 rings (SSSR count). The summed E-state index contributed by atoms with van der Waals surface area (Å²) in [6, 6.07) is 2.30. The maximum absolute atomic E-state index is 12.3. The Hall–Kier alpha value is -1.40. The molecule has 1 fully saturated rings. The number of hydrogen-bond acceptors (Lipinski definition) is 4. The first-order chi connectivity index (χ1) is 9.79. The van der Waals surface area contributed by atoms with E-state index in [0.717, 1.165) is 19.5 Å². The maximum atomic E-state index is 12.3. The monoisotopic (exact) mass is 280 g/mol. The molecule has 6 nitrogen and oxygen atoms in total. The van der Waals surface area contributed by atoms with Gasteiger partial charge in [-0.1, -0.05) is 0 Å². The highest BCUT2D eigenvalue weighted by Crippen LogP contribution is 2.08. The number of aryl methyl sites for hydroxylation is 1. The minimum absolute atomic E-state index is 0.172. The van der Waals surface area contributed by atoms with Crippen molar-refractivity contribution >= 4 is 5.91 Å². The smallest absolute Gasteiger partial charge is 0.224 e. The van der Waals surface area contributed by atoms with Gasteiger partial charge in [-0.05, 0) is 25.5 Å². The van der Waals surface area contributed by atoms with E-state index in [1.165, 1.54) is 6.42 Å². The highest BCUT2D eigenvalue weighted by Gasteiger charge is 2.21. The van der Waals surface area contributed by atoms with Crippen LogP contribution in [0.15, 0.2) is 18.5 Å². The first-order valence-corrected chi connectivity index (χ1v) is 7.27. The number of aromatic nitrogens is 2. The lowest BCUT2D eigenvalue weighted by molar-refractivity contribution is -0.132. The van der Waals surface area contributed by atoms with Gasteiger partial charge in [0.1, 0.15) is 0 Å². The molecule has 6 heteroatoms. The predicted molar refractivity (Wildman–Crippen MR) is 76.3 cm³/mol. The van der Waals surface area contributed by atoms with Crippen LogP contribution in [0.4, 0.5) is 0 Å². The summed E-state index contributed by atoms with van der Waals surface area (Å²) >= 11 is 0. The van der Waals surface area contributed by atoms with E-state index >= 15 is 0 Å². The molecular formula is C14H24N4O2. The van der Waals surface area contributed by atoms with Crippen LogP contribution in [-0.4, -0.2) is 60.0 Å². The third kappa shape index (κ3) is 4.61. The van der Waals surface area contributed by atoms with Crippen LogP contribution in [0.5, 0.6) is 0 Å². The summed E-state index contributed by atoms with van der Waals surface area (Å²) in [6.45, 7) is 3.71. The van der Waals surface area contributed by atoms with Crippen LogP contribution in [0.3, 0.4) is 0 Å². The van der Waals surface area contributed by atoms with Gasteiger partial charge < -0.3 is 15.0 Å². The summed E-state index contributed by atoms with van der Waals surface area (Å²) in [7, 11) is 1.67. The molecule has 1 aromatic rings. The third-order valence-electron chi connectivity index (χ3n) is 3.64. The van der Waals surface area contributed by atoms with Crippen molar-refractivity contribution in [1.29, 1.82) is 0 Å². The van der Waals surface area contributed by atoms with Crippen molar-refractivity contribution < 1.29 is 9.53 Å². The van der Waals surface area contributed by atoms with E-state index in [4.69, 9.17) is 4.74 Å². The topological polar surface area (TPSA) is 59.4 Å². The molecule has 20 heavy (non-hydrogen) atoms. The largest absolute Gasteiger partial charge is 0.383 e. The first kappa shape index (κ1) is 15.0. The number of nitrogens with one attached hydrogen (secondary N) is 1. The average Bonchev–Trinajstić information content (AvgIpc) is 3.13. The van der Waals surface area contributed by atoms with E-state index in [9.17, 15) is 4.79 Å². The second kappa shape index (κ2) is 8.01. The Balaban J connectivity index is 1.81. The zero-order valence-corrected chi connectivity index (χ0v) is 12.1. The van der Waals surface area contributed by atoms with Crippen molar-refractivity contribution in [1.82, 2.24) is 20.0 Å². The number of carbonyl (C=O) groups excluding carboxylic acids is 1. The molecule has 112 valence electrons. The van der Waals surface area contributed by atoms with E-state index in [0.29, 0.717) is 32.2 Å². The van der Waals surface area contributed by atoms with Gasteiger partial charge in [0.25, 0.3) is 0 Å². The Morgan fingerprint density at radius 3 is 3.15 bits per heavy atom. The molecule has 0 aliphatic carbocycles. The molecule has 1 aliphatic heterocycles. The molecule has 0 bridgehead atoms. The van der Waals surface area contributed by atoms with Gasteiger partial charge in [-0.25, -0.2) is 0 Å². The van der Waals surface area contributed by atoms with Crippen LogP contribution in [0, 0.1) is 0 Å². The quantitative estimate of drug-likeness (QED) is 0.753. The lowest BCUT2D eigenvalue weighted by Crippen LogP contribution is -2.42. The van der Waals surface area contributed by atoms with Crippen molar-refractivity contribution in [2.75, 3.05) is 33.4 Å². The summed E-state index contributed by atoms with van der Waals surface area (Å²) in [5, 5.41) is 7.56. The average molecular weight is 280 g/mol. The molecule has 1 aromatic heterocycles. The van der Waals surface area contributed by atoms with Crippen molar-refractivity contribution in [3.8, 4) is 0 Å². The normalized spacial score (nSPS) is 18.4. The number of nitrogens with zero attached hydrogens (tertiary/aromatic N) is 3. The lowest BCUT2D eigenvalue weighted by atomic mass is 10.2. The van der Waals surface area contributed by atoms with Crippen molar-refractivity contribution in [3.05, 3.63) is 18.5 Å². The molecule has 0 saturated carbocycles. The van der Waals surface area contributed by atoms with Gasteiger partial charge in [-0.15, -0.1) is 0 Å². The van der Waals surface area contributed by atoms with Crippen LogP contribution in [0.1, 0.15) is 19.3 Å². The summed E-state index contributed by atoms with van der Waals surface area (Å²) in [5.74, 6) is 0.172. The Morgan fingerprint density at radius 1 is 1.60 bits per heavy atom. The molecule has 0 spiro atoms. The van der Waals surface area contributed by atoms with E-state index < -0.39 is 0 Å². The number of amides is 1. The minimum Gasteiger partial charge on any atom is -0.383 e. The third-order valence-corrected chi connectivity index (χ3v) is 3.64. The highest BCUT2D eigenvalue weighted by molar-refractivity contribution is 5.76. The van der Waals surface area contributed by atoms with Gasteiger partial charge in [0.2, 0.25) is 5.91 Å². The second-order valence-electron chi connectivity index (χ2n) is 5.14. The maximum Gasteiger partial charge on any atom is 0.224 e. The van der Waals surface area contributed by atoms with Gasteiger partial charge >= 0.3 is 0 Å². The van der Waals surface area contributed by atoms with Gasteiger partial charge in [0.05, 0.1) is 6.61 Å². The second-order valence-corrected chi connectivity index (χ2v) is 5.14. The van der Waals surface area contributed by atoms with Gasteiger partial charge in [-0.3, -0.25) is 9.48 Å². The number of hydrogen-bond donors (Lipinski definition) is 1. The molecule has 1 atom stereocenters. The van der Waals surface area contributed by atoms with E-state index in [2.05, 4.69) is 10.4 Å². The summed E-state index contributed by atoms with van der Waals surface area (Å²) in [4.78, 5) is 14.2. The predicted octanol–water partition coefficient (Wildman–Crippen LogP) is 0.500. The van der Waals surface area contributed by atoms with Crippen molar-refractivity contribution in [2.45, 2.75) is 31.8 Å². The van der Waals surface area contributed by atoms with Crippen molar-refractivity contribution in [2.24, 2.45) is 0 Å². The van der Waals surface area contributed by atoms with Gasteiger partial charge in [-0.2, -0.15) is 5.10 Å². The van der Waals surface area contributed by atoms with Gasteiger partial charge in [0.15, 0.2) is 0 Å². The Labute approximate surface area is 120 Å². The molecule has 1 N–H and O–H groups in total. The molecular weight excluding hydrogens is 256 g/mol. The summed E-state index contributed by atoms with van der Waals surface area (Å²) in [5.41, 5.74) is 0. The van der Waals surface area contributed by atoms with Crippen LogP contribution in [0.25, 0.3) is 0 Å². The SMILES string of the molecule is COCCN(CC1CCCN1)C(=O)CCn1cccn1. The fourth-order valence-corrected chi connectivity index (χ4v) is 2.50. The molecule has 1 saturated heterocycles. The van der Waals surface area contributed by atoms with Crippen LogP contribution in [-0.2, 0) is 16.1 Å². The summed E-state index contributed by atoms with van der Waals surface area (Å²) in [6.07, 6.45) is 6.44. The molecule has 1 unspecified atom stereocenters. The molecule has 1 amide bonds. The lowest BCUT2D eigenvalue weighted by Gasteiger charge is -2.25. The number of methoxy groups -OCH3 is 1. The van der Waals surface area contributed by atoms with Crippen LogP contribution >= 0.6 is 0 Å². The Bertz CT molecular complexity index is 388. The van der Waals surface area contributed by atoms with E-state index in [-0.39, 0.29) is 5.91 Å². The summed E-state index contributed by atoms with van der Waals surface area (Å²) < 4.78 is 6.90. The Kier molecular flexibility index (Phi) is 6.01. The van der Waals surface area contributed by atoms with Crippen LogP contribution < -0.4 is 5.32 Å². The van der Waals surface area contributed by atoms with E-state index in [1.807, 2.05) is 17.2 Å². The molecule has 1 aliphatic rings. The zero-order valence-electron chi connectivity index (χ0n) is 12.1. The molecule has 0 radical (unpaired) electrons. The molecule has 0 aromatic carbocycles. The fourth-order valence-electron chi connectivity index (χ4n) is 2.50. The van der Waals surface area contributed by atoms with E-state index in [1.54, 1.807) is 18.0 Å². The van der Waals surface area contributed by atoms with Gasteiger partial charge in [0, 0.05) is 51.6 Å². The standard InChI is InChI=1S/C14H24N4O2/c1-20-11-10-17(12-13-4-2-6-15-13)14(19)5-9-18-8-3-7-16-18/h3,7-8,13,15H,2,4-6,9-12H2,1H3. The number of rotatable bonds is 8. The number of ether oxygens (including phenoxy) is 1. The fraction of sp³-hybridized carbons (Fsp3) is 0.714. The van der Waals surface area contributed by atoms with Crippen molar-refractivity contribution in [3.63, 3.8) is 0 Å². The number of carbonyl (C=O) groups is 1. The Morgan fingerprint density at radius 2 is 2.50 bits per heavy atom. The minimum atomic E-state index is 0.172. The molecule has 2 heterocycles. The van der Waals surface area contributed by atoms with Crippen LogP contribution in [0.2, 0.25) is 0 Å².